The molecule has 0 fully saturated rings. The minimum atomic E-state index is -2.62. The average molecular weight is 515 g/mol. The maximum atomic E-state index is 13.9. The van der Waals surface area contributed by atoms with E-state index in [2.05, 4.69) is 4.98 Å². The van der Waals surface area contributed by atoms with Crippen molar-refractivity contribution < 1.29 is 34.1 Å². The smallest absolute Gasteiger partial charge is 0.266 e. The number of Topliss-reactive ketones (excluding diaryl/α,β-unsaturated/α-hetero) is 2. The number of oxazole rings is 1. The van der Waals surface area contributed by atoms with Crippen molar-refractivity contribution in [3.8, 4) is 0 Å². The van der Waals surface area contributed by atoms with E-state index >= 15 is 0 Å². The van der Waals surface area contributed by atoms with Crippen LogP contribution < -0.4 is 10.6 Å². The summed E-state index contributed by atoms with van der Waals surface area (Å²) in [7, 11) is 6.88. The lowest BCUT2D eigenvalue weighted by atomic mass is 9.58. The minimum absolute atomic E-state index is 0.0709. The number of primary amides is 1. The van der Waals surface area contributed by atoms with Gasteiger partial charge in [0, 0.05) is 31.3 Å². The Labute approximate surface area is 210 Å². The fourth-order valence-electron chi connectivity index (χ4n) is 6.11. The molecule has 11 nitrogen and oxygen atoms in total. The summed E-state index contributed by atoms with van der Waals surface area (Å²) in [5.41, 5.74) is 4.15. The highest BCUT2D eigenvalue weighted by molar-refractivity contribution is 7.71. The molecule has 0 unspecified atom stereocenters. The zero-order valence-corrected chi connectivity index (χ0v) is 20.9. The van der Waals surface area contributed by atoms with E-state index < -0.39 is 58.0 Å². The van der Waals surface area contributed by atoms with Gasteiger partial charge in [-0.25, -0.2) is 0 Å². The van der Waals surface area contributed by atoms with Gasteiger partial charge in [-0.05, 0) is 56.7 Å². The number of ketones is 2. The molecule has 1 amide bonds. The predicted molar refractivity (Wildman–Crippen MR) is 131 cm³/mol. The quantitative estimate of drug-likeness (QED) is 0.297. The molecule has 190 valence electrons. The number of aromatic amines is 1. The van der Waals surface area contributed by atoms with E-state index in [9.17, 15) is 29.7 Å². The van der Waals surface area contributed by atoms with Gasteiger partial charge in [0.2, 0.25) is 5.78 Å². The van der Waals surface area contributed by atoms with Gasteiger partial charge in [-0.1, -0.05) is 0 Å². The maximum Gasteiger partial charge on any atom is 0.266 e. The summed E-state index contributed by atoms with van der Waals surface area (Å²) < 4.78 is 5.63. The highest BCUT2D eigenvalue weighted by atomic mass is 32.1. The number of aromatic nitrogens is 1. The van der Waals surface area contributed by atoms with Crippen LogP contribution in [0.5, 0.6) is 0 Å². The van der Waals surface area contributed by atoms with Crippen molar-refractivity contribution in [3.63, 3.8) is 0 Å². The molecule has 1 heterocycles. The number of aliphatic hydroxyl groups excluding tert-OH is 2. The highest BCUT2D eigenvalue weighted by Gasteiger charge is 2.63. The number of H-pyrrole nitrogens is 1. The molecule has 0 saturated carbocycles. The van der Waals surface area contributed by atoms with Crippen LogP contribution in [-0.2, 0) is 16.0 Å². The summed E-state index contributed by atoms with van der Waals surface area (Å²) in [5, 5.41) is 33.9. The van der Waals surface area contributed by atoms with Crippen molar-refractivity contribution in [2.45, 2.75) is 24.5 Å². The normalized spacial score (nSPS) is 27.9. The number of hydrogen-bond acceptors (Lipinski definition) is 10. The number of nitrogens with two attached hydrogens (primary N) is 1. The fraction of sp³-hybridized carbons (Fsp3) is 0.417. The first-order valence-electron chi connectivity index (χ1n) is 11.3. The second-order valence-corrected chi connectivity index (χ2v) is 10.4. The zero-order chi connectivity index (χ0) is 26.4. The van der Waals surface area contributed by atoms with Gasteiger partial charge >= 0.3 is 0 Å². The number of likely N-dealkylation sites (N-methyl/N-ethyl adjacent to an activating group) is 1. The van der Waals surface area contributed by atoms with Crippen LogP contribution in [0.3, 0.4) is 0 Å². The molecule has 0 aliphatic heterocycles. The molecule has 4 atom stereocenters. The number of nitrogens with one attached hydrogen (secondary N) is 1. The topological polar surface area (TPSA) is 173 Å². The van der Waals surface area contributed by atoms with E-state index in [1.54, 1.807) is 14.1 Å². The molecule has 0 bridgehead atoms. The number of amides is 1. The van der Waals surface area contributed by atoms with Gasteiger partial charge in [0.1, 0.15) is 17.1 Å². The van der Waals surface area contributed by atoms with E-state index in [0.29, 0.717) is 17.5 Å². The van der Waals surface area contributed by atoms with Crippen LogP contribution in [0.15, 0.2) is 33.1 Å². The van der Waals surface area contributed by atoms with Gasteiger partial charge < -0.3 is 35.4 Å². The maximum absolute atomic E-state index is 13.9. The van der Waals surface area contributed by atoms with Gasteiger partial charge in [0.05, 0.1) is 17.1 Å². The van der Waals surface area contributed by atoms with Crippen molar-refractivity contribution >= 4 is 46.5 Å². The van der Waals surface area contributed by atoms with Gasteiger partial charge in [-0.15, -0.1) is 0 Å². The number of benzene rings is 1. The number of allylic oxidation sites excluding steroid dienone is 1. The molecule has 3 aliphatic carbocycles. The largest absolute Gasteiger partial charge is 0.510 e. The molecule has 2 aromatic rings. The summed E-state index contributed by atoms with van der Waals surface area (Å²) in [6.07, 6.45) is 0.374. The number of anilines is 1. The van der Waals surface area contributed by atoms with E-state index in [0.717, 1.165) is 5.69 Å². The second kappa shape index (κ2) is 7.76. The average Bonchev–Trinajstić information content (AvgIpc) is 3.14. The van der Waals surface area contributed by atoms with Crippen molar-refractivity contribution in [1.82, 2.24) is 9.88 Å². The number of rotatable bonds is 3. The first-order valence-corrected chi connectivity index (χ1v) is 11.7. The molecule has 1 aromatic carbocycles. The number of aliphatic hydroxyl groups is 3. The van der Waals surface area contributed by atoms with Crippen LogP contribution in [0, 0.1) is 16.7 Å². The van der Waals surface area contributed by atoms with Gasteiger partial charge in [0.15, 0.2) is 17.0 Å². The van der Waals surface area contributed by atoms with Crippen molar-refractivity contribution in [2.24, 2.45) is 17.6 Å². The third kappa shape index (κ3) is 2.98. The standard InChI is InChI=1S/C24H26N4O7S/c1-27(2)12-7-11-19(35-23(36)26-11)14-9(12)5-8-6-10-16(28(3)4)18(30)15(22(25)33)21(32)24(10,34)20(31)13(8)17(14)29/h7-8,10,16,30-31,34H,5-6H2,1-4H3,(H2,25,33)(H,26,36)/t8-,10-,16-,24-/m0/s1. The van der Waals surface area contributed by atoms with E-state index in [1.807, 2.05) is 25.1 Å². The molecule has 3 aliphatic rings. The number of nitrogens with zero attached hydrogens (tertiary/aromatic N) is 2. The molecule has 0 radical (unpaired) electrons. The predicted octanol–water partition coefficient (Wildman–Crippen LogP) is 1.28. The van der Waals surface area contributed by atoms with E-state index in [1.165, 1.54) is 4.90 Å². The molecule has 12 heteroatoms. The van der Waals surface area contributed by atoms with Crippen LogP contribution in [0.2, 0.25) is 0 Å². The molecule has 36 heavy (non-hydrogen) atoms. The van der Waals surface area contributed by atoms with E-state index in [4.69, 9.17) is 22.4 Å². The van der Waals surface area contributed by atoms with Crippen LogP contribution in [0.1, 0.15) is 22.3 Å². The Morgan fingerprint density at radius 3 is 2.50 bits per heavy atom. The Hall–Kier alpha value is -3.48. The van der Waals surface area contributed by atoms with E-state index in [-0.39, 0.29) is 28.0 Å². The summed E-state index contributed by atoms with van der Waals surface area (Å²) in [5.74, 6) is -6.10. The van der Waals surface area contributed by atoms with Gasteiger partial charge in [-0.2, -0.15) is 0 Å². The number of carbonyl (C=O) groups excluding carboxylic acids is 3. The minimum Gasteiger partial charge on any atom is -0.510 e. The van der Waals surface area contributed by atoms with Crippen molar-refractivity contribution in [2.75, 3.05) is 33.1 Å². The van der Waals surface area contributed by atoms with Crippen LogP contribution >= 0.6 is 12.2 Å². The SMILES string of the molecule is CN(C)c1cc2[nH]c(=S)oc2c2c1C[C@H]1C[C@H]3[C@H](N(C)C)C(O)=C(C(N)=O)C(=O)[C@@]3(O)C(O)=C1C2=O. The van der Waals surface area contributed by atoms with Crippen LogP contribution in [0.4, 0.5) is 5.69 Å². The summed E-state index contributed by atoms with van der Waals surface area (Å²) in [4.78, 5) is 45.8. The summed E-state index contributed by atoms with van der Waals surface area (Å²) in [6, 6.07) is 0.822. The fourth-order valence-corrected chi connectivity index (χ4v) is 6.31. The Kier molecular flexibility index (Phi) is 5.22. The first-order chi connectivity index (χ1) is 16.8. The molecular weight excluding hydrogens is 488 g/mol. The molecule has 0 saturated heterocycles. The third-order valence-electron chi connectivity index (χ3n) is 7.59. The third-order valence-corrected chi connectivity index (χ3v) is 7.78. The first kappa shape index (κ1) is 24.2. The number of fused-ring (bicyclic) bond motifs is 5. The summed E-state index contributed by atoms with van der Waals surface area (Å²) >= 11 is 5.13. The number of carbonyl (C=O) groups is 3. The Morgan fingerprint density at radius 2 is 1.92 bits per heavy atom. The van der Waals surface area contributed by atoms with Crippen LogP contribution in [0.25, 0.3) is 11.1 Å². The lowest BCUT2D eigenvalue weighted by Gasteiger charge is -2.50. The molecule has 0 spiro atoms. The lowest BCUT2D eigenvalue weighted by Crippen LogP contribution is -2.63. The zero-order valence-electron chi connectivity index (χ0n) is 20.1. The molecule has 6 N–H and O–H groups in total. The second-order valence-electron chi connectivity index (χ2n) is 10.00. The van der Waals surface area contributed by atoms with Crippen molar-refractivity contribution in [1.29, 1.82) is 0 Å². The molecular formula is C24H26N4O7S. The monoisotopic (exact) mass is 514 g/mol. The van der Waals surface area contributed by atoms with Gasteiger partial charge in [-0.3, -0.25) is 19.3 Å². The Bertz CT molecular complexity index is 1500. The summed E-state index contributed by atoms with van der Waals surface area (Å²) in [6.45, 7) is 0. The highest BCUT2D eigenvalue weighted by Crippen LogP contribution is 2.52. The van der Waals surface area contributed by atoms with Crippen LogP contribution in [-0.4, -0.2) is 82.5 Å². The molecule has 5 rings (SSSR count). The van der Waals surface area contributed by atoms with Crippen molar-refractivity contribution in [3.05, 3.63) is 44.7 Å². The Balaban J connectivity index is 1.79. The van der Waals surface area contributed by atoms with Gasteiger partial charge in [0.25, 0.3) is 10.7 Å². The molecule has 1 aromatic heterocycles. The Morgan fingerprint density at radius 1 is 1.25 bits per heavy atom. The lowest BCUT2D eigenvalue weighted by molar-refractivity contribution is -0.148. The number of hydrogen-bond donors (Lipinski definition) is 5.